The zero-order valence-electron chi connectivity index (χ0n) is 9.57. The van der Waals surface area contributed by atoms with E-state index in [-0.39, 0.29) is 11.8 Å². The van der Waals surface area contributed by atoms with E-state index in [0.717, 1.165) is 18.5 Å². The van der Waals surface area contributed by atoms with Gasteiger partial charge in [-0.3, -0.25) is 0 Å². The predicted molar refractivity (Wildman–Crippen MR) is 61.3 cm³/mol. The zero-order valence-corrected chi connectivity index (χ0v) is 9.57. The second-order valence-corrected chi connectivity index (χ2v) is 3.79. The number of carbonyl (C=O) groups is 1. The number of ether oxygens (including phenoxy) is 1. The van der Waals surface area contributed by atoms with Crippen LogP contribution < -0.4 is 4.74 Å². The molecule has 1 aromatic rings. The molecule has 0 aliphatic rings. The van der Waals surface area contributed by atoms with Gasteiger partial charge in [0.15, 0.2) is 0 Å². The molecule has 0 amide bonds. The third-order valence-electron chi connectivity index (χ3n) is 2.81. The largest absolute Gasteiger partial charge is 0.497 e. The lowest BCUT2D eigenvalue weighted by molar-refractivity contribution is -0.111. The van der Waals surface area contributed by atoms with E-state index in [9.17, 15) is 4.79 Å². The molecule has 0 fully saturated rings. The first kappa shape index (κ1) is 11.8. The van der Waals surface area contributed by atoms with Gasteiger partial charge in [0.05, 0.1) is 7.11 Å². The summed E-state index contributed by atoms with van der Waals surface area (Å²) in [6, 6.07) is 7.95. The molecule has 0 radical (unpaired) electrons. The highest BCUT2D eigenvalue weighted by Crippen LogP contribution is 2.28. The van der Waals surface area contributed by atoms with E-state index in [1.165, 1.54) is 5.56 Å². The number of hydrogen-bond acceptors (Lipinski definition) is 2. The van der Waals surface area contributed by atoms with E-state index in [4.69, 9.17) is 4.74 Å². The molecular formula is C13H18O2. The lowest BCUT2D eigenvalue weighted by atomic mass is 9.86. The molecule has 0 saturated carbocycles. The summed E-state index contributed by atoms with van der Waals surface area (Å²) in [5, 5.41) is 0. The van der Waals surface area contributed by atoms with Gasteiger partial charge in [0, 0.05) is 5.92 Å². The molecule has 2 nitrogen and oxygen atoms in total. The fraction of sp³-hybridized carbons (Fsp3) is 0.462. The summed E-state index contributed by atoms with van der Waals surface area (Å²) >= 11 is 0. The number of aldehydes is 1. The quantitative estimate of drug-likeness (QED) is 0.692. The summed E-state index contributed by atoms with van der Waals surface area (Å²) in [7, 11) is 1.66. The Morgan fingerprint density at radius 1 is 1.47 bits per heavy atom. The van der Waals surface area contributed by atoms with Crippen LogP contribution in [-0.2, 0) is 4.79 Å². The first-order valence-electron chi connectivity index (χ1n) is 5.32. The summed E-state index contributed by atoms with van der Waals surface area (Å²) in [6.45, 7) is 4.06. The SMILES string of the molecule is CC[C@@H](c1cccc(OC)c1)[C@@H](C)C=O. The van der Waals surface area contributed by atoms with Crippen LogP contribution in [0, 0.1) is 5.92 Å². The number of methoxy groups -OCH3 is 1. The Kier molecular flexibility index (Phi) is 4.35. The van der Waals surface area contributed by atoms with E-state index in [1.54, 1.807) is 7.11 Å². The van der Waals surface area contributed by atoms with Crippen LogP contribution in [0.2, 0.25) is 0 Å². The zero-order chi connectivity index (χ0) is 11.3. The average Bonchev–Trinajstić information content (AvgIpc) is 2.30. The monoisotopic (exact) mass is 206 g/mol. The van der Waals surface area contributed by atoms with Crippen LogP contribution in [0.25, 0.3) is 0 Å². The standard InChI is InChI=1S/C13H18O2/c1-4-13(10(2)9-14)11-6-5-7-12(8-11)15-3/h5-10,13H,4H2,1-3H3/t10-,13+/m0/s1. The Balaban J connectivity index is 2.95. The van der Waals surface area contributed by atoms with Gasteiger partial charge < -0.3 is 9.53 Å². The van der Waals surface area contributed by atoms with Crippen LogP contribution in [0.15, 0.2) is 24.3 Å². The van der Waals surface area contributed by atoms with E-state index in [0.29, 0.717) is 0 Å². The molecule has 2 heteroatoms. The lowest BCUT2D eigenvalue weighted by Crippen LogP contribution is -2.10. The maximum Gasteiger partial charge on any atom is 0.123 e. The Morgan fingerprint density at radius 3 is 2.73 bits per heavy atom. The maximum atomic E-state index is 10.8. The third-order valence-corrected chi connectivity index (χ3v) is 2.81. The van der Waals surface area contributed by atoms with Crippen molar-refractivity contribution in [3.05, 3.63) is 29.8 Å². The van der Waals surface area contributed by atoms with Gasteiger partial charge in [0.25, 0.3) is 0 Å². The van der Waals surface area contributed by atoms with E-state index in [2.05, 4.69) is 13.0 Å². The van der Waals surface area contributed by atoms with Crippen molar-refractivity contribution in [3.8, 4) is 5.75 Å². The Labute approximate surface area is 91.3 Å². The molecule has 0 aliphatic carbocycles. The van der Waals surface area contributed by atoms with Crippen molar-refractivity contribution in [2.45, 2.75) is 26.2 Å². The molecule has 0 bridgehead atoms. The van der Waals surface area contributed by atoms with Gasteiger partial charge >= 0.3 is 0 Å². The van der Waals surface area contributed by atoms with E-state index in [1.807, 2.05) is 25.1 Å². The minimum Gasteiger partial charge on any atom is -0.497 e. The first-order chi connectivity index (χ1) is 7.22. The molecule has 0 spiro atoms. The second kappa shape index (κ2) is 5.54. The summed E-state index contributed by atoms with van der Waals surface area (Å²) in [5.41, 5.74) is 1.18. The van der Waals surface area contributed by atoms with Gasteiger partial charge in [-0.1, -0.05) is 26.0 Å². The fourth-order valence-electron chi connectivity index (χ4n) is 1.88. The number of hydrogen-bond donors (Lipinski definition) is 0. The highest BCUT2D eigenvalue weighted by Gasteiger charge is 2.17. The van der Waals surface area contributed by atoms with E-state index >= 15 is 0 Å². The minimum atomic E-state index is 0.0575. The van der Waals surface area contributed by atoms with Crippen molar-refractivity contribution < 1.29 is 9.53 Å². The fourth-order valence-corrected chi connectivity index (χ4v) is 1.88. The van der Waals surface area contributed by atoms with Gasteiger partial charge in [0.1, 0.15) is 12.0 Å². The Hall–Kier alpha value is -1.31. The predicted octanol–water partition coefficient (Wildman–Crippen LogP) is 3.02. The number of benzene rings is 1. The third kappa shape index (κ3) is 2.82. The highest BCUT2D eigenvalue weighted by molar-refractivity contribution is 5.55. The number of rotatable bonds is 5. The molecule has 0 heterocycles. The highest BCUT2D eigenvalue weighted by atomic mass is 16.5. The summed E-state index contributed by atoms with van der Waals surface area (Å²) in [5.74, 6) is 1.20. The van der Waals surface area contributed by atoms with Crippen LogP contribution in [-0.4, -0.2) is 13.4 Å². The van der Waals surface area contributed by atoms with Crippen molar-refractivity contribution in [3.63, 3.8) is 0 Å². The summed E-state index contributed by atoms with van der Waals surface area (Å²) in [4.78, 5) is 10.8. The maximum absolute atomic E-state index is 10.8. The van der Waals surface area contributed by atoms with Gasteiger partial charge in [-0.2, -0.15) is 0 Å². The van der Waals surface area contributed by atoms with Crippen molar-refractivity contribution >= 4 is 6.29 Å². The van der Waals surface area contributed by atoms with Gasteiger partial charge in [-0.15, -0.1) is 0 Å². The molecule has 0 aliphatic heterocycles. The topological polar surface area (TPSA) is 26.3 Å². The first-order valence-corrected chi connectivity index (χ1v) is 5.32. The van der Waals surface area contributed by atoms with Gasteiger partial charge in [-0.25, -0.2) is 0 Å². The molecule has 0 N–H and O–H groups in total. The van der Waals surface area contributed by atoms with Gasteiger partial charge in [0.2, 0.25) is 0 Å². The second-order valence-electron chi connectivity index (χ2n) is 3.79. The average molecular weight is 206 g/mol. The van der Waals surface area contributed by atoms with Crippen LogP contribution in [0.3, 0.4) is 0 Å². The molecule has 82 valence electrons. The Bertz CT molecular complexity index is 320. The number of carbonyl (C=O) groups excluding carboxylic acids is 1. The molecule has 0 unspecified atom stereocenters. The normalized spacial score (nSPS) is 14.3. The lowest BCUT2D eigenvalue weighted by Gasteiger charge is -2.18. The Morgan fingerprint density at radius 2 is 2.20 bits per heavy atom. The molecule has 1 rings (SSSR count). The minimum absolute atomic E-state index is 0.0575. The summed E-state index contributed by atoms with van der Waals surface area (Å²) < 4.78 is 5.17. The molecule has 0 aromatic heterocycles. The molecule has 1 aromatic carbocycles. The molecule has 15 heavy (non-hydrogen) atoms. The molecule has 0 saturated heterocycles. The van der Waals surface area contributed by atoms with E-state index < -0.39 is 0 Å². The molecular weight excluding hydrogens is 188 g/mol. The molecule has 2 atom stereocenters. The van der Waals surface area contributed by atoms with Crippen molar-refractivity contribution in [2.24, 2.45) is 5.92 Å². The van der Waals surface area contributed by atoms with Crippen LogP contribution >= 0.6 is 0 Å². The smallest absolute Gasteiger partial charge is 0.123 e. The van der Waals surface area contributed by atoms with Crippen LogP contribution in [0.5, 0.6) is 5.75 Å². The van der Waals surface area contributed by atoms with Crippen LogP contribution in [0.4, 0.5) is 0 Å². The van der Waals surface area contributed by atoms with Gasteiger partial charge in [-0.05, 0) is 30.0 Å². The van der Waals surface area contributed by atoms with Crippen molar-refractivity contribution in [2.75, 3.05) is 7.11 Å². The van der Waals surface area contributed by atoms with Crippen molar-refractivity contribution in [1.82, 2.24) is 0 Å². The van der Waals surface area contributed by atoms with Crippen molar-refractivity contribution in [1.29, 1.82) is 0 Å². The summed E-state index contributed by atoms with van der Waals surface area (Å²) in [6.07, 6.45) is 1.99. The van der Waals surface area contributed by atoms with Crippen LogP contribution in [0.1, 0.15) is 31.7 Å².